The third kappa shape index (κ3) is 7.79. The van der Waals surface area contributed by atoms with E-state index < -0.39 is 0 Å². The standard InChI is InChI=1S/C22H29BrN2O3.ClH/c1-26-21-15-19(16-24-8-5-9-25-10-12-27-13-11-25)14-20(23)22(21)28-17-18-6-3-2-4-7-18;/h2-4,6-7,14-15,24H,5,8-13,16-17H2,1H3;1H. The molecule has 0 bridgehead atoms. The van der Waals surface area contributed by atoms with Gasteiger partial charge in [-0.25, -0.2) is 0 Å². The molecule has 160 valence electrons. The lowest BCUT2D eigenvalue weighted by Crippen LogP contribution is -2.37. The van der Waals surface area contributed by atoms with E-state index >= 15 is 0 Å². The highest BCUT2D eigenvalue weighted by molar-refractivity contribution is 9.10. The first kappa shape index (κ1) is 24.0. The van der Waals surface area contributed by atoms with Crippen molar-refractivity contribution in [1.29, 1.82) is 0 Å². The minimum Gasteiger partial charge on any atom is -0.493 e. The number of hydrogen-bond donors (Lipinski definition) is 1. The number of rotatable bonds is 10. The van der Waals surface area contributed by atoms with E-state index in [1.165, 1.54) is 5.56 Å². The summed E-state index contributed by atoms with van der Waals surface area (Å²) in [4.78, 5) is 2.46. The normalized spacial score (nSPS) is 14.3. The summed E-state index contributed by atoms with van der Waals surface area (Å²) >= 11 is 3.64. The van der Waals surface area contributed by atoms with Gasteiger partial charge < -0.3 is 19.5 Å². The SMILES string of the molecule is COc1cc(CNCCCN2CCOCC2)cc(Br)c1OCc1ccccc1.Cl. The summed E-state index contributed by atoms with van der Waals surface area (Å²) in [6.45, 7) is 7.24. The highest BCUT2D eigenvalue weighted by atomic mass is 79.9. The van der Waals surface area contributed by atoms with Crippen LogP contribution in [0.3, 0.4) is 0 Å². The van der Waals surface area contributed by atoms with Crippen molar-refractivity contribution in [3.63, 3.8) is 0 Å². The zero-order valence-corrected chi connectivity index (χ0v) is 19.3. The van der Waals surface area contributed by atoms with Crippen LogP contribution < -0.4 is 14.8 Å². The molecule has 2 aromatic rings. The number of methoxy groups -OCH3 is 1. The molecule has 7 heteroatoms. The minimum absolute atomic E-state index is 0. The number of benzene rings is 2. The number of morpholine rings is 1. The summed E-state index contributed by atoms with van der Waals surface area (Å²) in [6.07, 6.45) is 1.14. The van der Waals surface area contributed by atoms with E-state index in [0.717, 1.165) is 73.9 Å². The van der Waals surface area contributed by atoms with Crippen LogP contribution in [0.4, 0.5) is 0 Å². The van der Waals surface area contributed by atoms with Crippen molar-refractivity contribution in [3.05, 3.63) is 58.1 Å². The molecule has 1 aliphatic rings. The average Bonchev–Trinajstić information content (AvgIpc) is 2.74. The van der Waals surface area contributed by atoms with E-state index in [-0.39, 0.29) is 12.4 Å². The Labute approximate surface area is 188 Å². The van der Waals surface area contributed by atoms with Crippen molar-refractivity contribution in [1.82, 2.24) is 10.2 Å². The maximum Gasteiger partial charge on any atom is 0.175 e. The molecule has 0 aromatic heterocycles. The number of nitrogens with one attached hydrogen (secondary N) is 1. The lowest BCUT2D eigenvalue weighted by Gasteiger charge is -2.26. The summed E-state index contributed by atoms with van der Waals surface area (Å²) in [5.41, 5.74) is 2.30. The van der Waals surface area contributed by atoms with Crippen molar-refractivity contribution >= 4 is 28.3 Å². The van der Waals surface area contributed by atoms with Gasteiger partial charge in [0.2, 0.25) is 0 Å². The third-order valence-corrected chi connectivity index (χ3v) is 5.36. The van der Waals surface area contributed by atoms with Crippen LogP contribution in [0.25, 0.3) is 0 Å². The number of halogens is 2. The lowest BCUT2D eigenvalue weighted by atomic mass is 10.2. The maximum atomic E-state index is 6.00. The Morgan fingerprint density at radius 1 is 1.10 bits per heavy atom. The Morgan fingerprint density at radius 3 is 2.59 bits per heavy atom. The van der Waals surface area contributed by atoms with Crippen LogP contribution >= 0.6 is 28.3 Å². The Hall–Kier alpha value is -1.31. The molecule has 2 aromatic carbocycles. The Balaban J connectivity index is 0.00000300. The van der Waals surface area contributed by atoms with Gasteiger partial charge in [0, 0.05) is 19.6 Å². The molecule has 1 aliphatic heterocycles. The van der Waals surface area contributed by atoms with Gasteiger partial charge in [0.1, 0.15) is 6.61 Å². The molecule has 1 saturated heterocycles. The van der Waals surface area contributed by atoms with Gasteiger partial charge in [-0.15, -0.1) is 12.4 Å². The van der Waals surface area contributed by atoms with Crippen LogP contribution in [-0.4, -0.2) is 51.4 Å². The monoisotopic (exact) mass is 484 g/mol. The molecule has 0 spiro atoms. The van der Waals surface area contributed by atoms with Gasteiger partial charge in [0.15, 0.2) is 11.5 Å². The fourth-order valence-electron chi connectivity index (χ4n) is 3.23. The molecule has 5 nitrogen and oxygen atoms in total. The van der Waals surface area contributed by atoms with Gasteiger partial charge in [0.25, 0.3) is 0 Å². The van der Waals surface area contributed by atoms with E-state index in [1.807, 2.05) is 24.3 Å². The fourth-order valence-corrected chi connectivity index (χ4v) is 3.83. The van der Waals surface area contributed by atoms with Gasteiger partial charge in [-0.05, 0) is 58.7 Å². The van der Waals surface area contributed by atoms with Crippen molar-refractivity contribution in [2.45, 2.75) is 19.6 Å². The van der Waals surface area contributed by atoms with Crippen LogP contribution in [0.5, 0.6) is 11.5 Å². The molecule has 0 saturated carbocycles. The third-order valence-electron chi connectivity index (χ3n) is 4.78. The first-order valence-electron chi connectivity index (χ1n) is 9.80. The van der Waals surface area contributed by atoms with E-state index in [2.05, 4.69) is 44.3 Å². The van der Waals surface area contributed by atoms with Gasteiger partial charge in [-0.3, -0.25) is 4.90 Å². The first-order valence-corrected chi connectivity index (χ1v) is 10.6. The molecule has 0 atom stereocenters. The molecule has 0 aliphatic carbocycles. The summed E-state index contributed by atoms with van der Waals surface area (Å²) in [5, 5.41) is 3.52. The smallest absolute Gasteiger partial charge is 0.175 e. The fraction of sp³-hybridized carbons (Fsp3) is 0.455. The molecule has 1 fully saturated rings. The predicted molar refractivity (Wildman–Crippen MR) is 122 cm³/mol. The molecular formula is C22H30BrClN2O3. The Kier molecular flexibility index (Phi) is 10.8. The summed E-state index contributed by atoms with van der Waals surface area (Å²) in [6, 6.07) is 14.3. The second kappa shape index (κ2) is 13.1. The molecule has 3 rings (SSSR count). The summed E-state index contributed by atoms with van der Waals surface area (Å²) in [7, 11) is 1.68. The lowest BCUT2D eigenvalue weighted by molar-refractivity contribution is 0.0374. The number of hydrogen-bond acceptors (Lipinski definition) is 5. The number of ether oxygens (including phenoxy) is 3. The van der Waals surface area contributed by atoms with Crippen molar-refractivity contribution in [2.24, 2.45) is 0 Å². The van der Waals surface area contributed by atoms with Gasteiger partial charge in [-0.1, -0.05) is 30.3 Å². The zero-order valence-electron chi connectivity index (χ0n) is 16.9. The van der Waals surface area contributed by atoms with Crippen molar-refractivity contribution in [3.8, 4) is 11.5 Å². The molecule has 0 radical (unpaired) electrons. The average molecular weight is 486 g/mol. The van der Waals surface area contributed by atoms with E-state index in [9.17, 15) is 0 Å². The quantitative estimate of drug-likeness (QED) is 0.509. The molecule has 1 heterocycles. The minimum atomic E-state index is 0. The van der Waals surface area contributed by atoms with Crippen molar-refractivity contribution in [2.75, 3.05) is 46.5 Å². The molecule has 1 N–H and O–H groups in total. The van der Waals surface area contributed by atoms with Crippen LogP contribution in [0.15, 0.2) is 46.9 Å². The highest BCUT2D eigenvalue weighted by Gasteiger charge is 2.12. The second-order valence-electron chi connectivity index (χ2n) is 6.87. The number of nitrogens with zero attached hydrogens (tertiary/aromatic N) is 1. The largest absolute Gasteiger partial charge is 0.493 e. The Morgan fingerprint density at radius 2 is 1.86 bits per heavy atom. The maximum absolute atomic E-state index is 6.00. The summed E-state index contributed by atoms with van der Waals surface area (Å²) < 4.78 is 17.9. The summed E-state index contributed by atoms with van der Waals surface area (Å²) in [5.74, 6) is 1.48. The van der Waals surface area contributed by atoms with Gasteiger partial charge in [0.05, 0.1) is 24.8 Å². The molecular weight excluding hydrogens is 456 g/mol. The molecule has 0 amide bonds. The van der Waals surface area contributed by atoms with E-state index in [1.54, 1.807) is 7.11 Å². The molecule has 0 unspecified atom stereocenters. The van der Waals surface area contributed by atoms with E-state index in [4.69, 9.17) is 14.2 Å². The van der Waals surface area contributed by atoms with E-state index in [0.29, 0.717) is 6.61 Å². The molecule has 29 heavy (non-hydrogen) atoms. The zero-order chi connectivity index (χ0) is 19.6. The predicted octanol–water partition coefficient (Wildman–Crippen LogP) is 4.27. The van der Waals surface area contributed by atoms with Gasteiger partial charge >= 0.3 is 0 Å². The van der Waals surface area contributed by atoms with Crippen LogP contribution in [-0.2, 0) is 17.9 Å². The Bertz CT molecular complexity index is 727. The van der Waals surface area contributed by atoms with Crippen molar-refractivity contribution < 1.29 is 14.2 Å². The topological polar surface area (TPSA) is 43.0 Å². The first-order chi connectivity index (χ1) is 13.8. The van der Waals surface area contributed by atoms with Crippen LogP contribution in [0, 0.1) is 0 Å². The second-order valence-corrected chi connectivity index (χ2v) is 7.72. The van der Waals surface area contributed by atoms with Crippen LogP contribution in [0.1, 0.15) is 17.5 Å². The highest BCUT2D eigenvalue weighted by Crippen LogP contribution is 2.37. The van der Waals surface area contributed by atoms with Gasteiger partial charge in [-0.2, -0.15) is 0 Å². The van der Waals surface area contributed by atoms with Crippen LogP contribution in [0.2, 0.25) is 0 Å².